The predicted octanol–water partition coefficient (Wildman–Crippen LogP) is 6.19. The standard InChI is InChI=1S/C13H8BrCl2FS/c14-9-2-1-8(13(17)5-9)7-18-10-3-4-11(15)12(16)6-10/h1-6H,7H2. The summed E-state index contributed by atoms with van der Waals surface area (Å²) in [7, 11) is 0. The molecular weight excluding hydrogens is 358 g/mol. The molecule has 0 N–H and O–H groups in total. The molecule has 2 rings (SSSR count). The van der Waals surface area contributed by atoms with Crippen LogP contribution in [0.5, 0.6) is 0 Å². The molecule has 0 aliphatic rings. The molecule has 94 valence electrons. The molecule has 0 aromatic heterocycles. The number of halogens is 4. The lowest BCUT2D eigenvalue weighted by Crippen LogP contribution is -1.87. The predicted molar refractivity (Wildman–Crippen MR) is 80.1 cm³/mol. The summed E-state index contributed by atoms with van der Waals surface area (Å²) in [6.07, 6.45) is 0. The van der Waals surface area contributed by atoms with Gasteiger partial charge >= 0.3 is 0 Å². The maximum atomic E-state index is 13.6. The maximum Gasteiger partial charge on any atom is 0.128 e. The van der Waals surface area contributed by atoms with Gasteiger partial charge in [-0.05, 0) is 35.9 Å². The van der Waals surface area contributed by atoms with E-state index in [0.717, 1.165) is 9.37 Å². The van der Waals surface area contributed by atoms with E-state index in [0.29, 0.717) is 21.4 Å². The van der Waals surface area contributed by atoms with Crippen LogP contribution in [0.25, 0.3) is 0 Å². The van der Waals surface area contributed by atoms with Crippen LogP contribution in [-0.4, -0.2) is 0 Å². The van der Waals surface area contributed by atoms with Crippen molar-refractivity contribution in [3.05, 3.63) is 62.3 Å². The number of thioether (sulfide) groups is 1. The molecule has 2 aromatic carbocycles. The third-order valence-corrected chi connectivity index (χ3v) is 4.58. The van der Waals surface area contributed by atoms with E-state index in [9.17, 15) is 4.39 Å². The SMILES string of the molecule is Fc1cc(Br)ccc1CSc1ccc(Cl)c(Cl)c1. The van der Waals surface area contributed by atoms with Gasteiger partial charge in [0, 0.05) is 15.1 Å². The molecular formula is C13H8BrCl2FS. The molecule has 0 aliphatic heterocycles. The summed E-state index contributed by atoms with van der Waals surface area (Å²) in [5, 5.41) is 1.04. The summed E-state index contributed by atoms with van der Waals surface area (Å²) in [4.78, 5) is 0.965. The van der Waals surface area contributed by atoms with Gasteiger partial charge in [-0.1, -0.05) is 45.2 Å². The highest BCUT2D eigenvalue weighted by Crippen LogP contribution is 2.30. The van der Waals surface area contributed by atoms with Gasteiger partial charge in [-0.15, -0.1) is 11.8 Å². The van der Waals surface area contributed by atoms with Crippen LogP contribution in [0.3, 0.4) is 0 Å². The molecule has 0 nitrogen and oxygen atoms in total. The first-order valence-electron chi connectivity index (χ1n) is 5.08. The zero-order valence-corrected chi connectivity index (χ0v) is 13.0. The number of hydrogen-bond acceptors (Lipinski definition) is 1. The molecule has 0 unspecified atom stereocenters. The van der Waals surface area contributed by atoms with E-state index in [4.69, 9.17) is 23.2 Å². The van der Waals surface area contributed by atoms with E-state index in [2.05, 4.69) is 15.9 Å². The van der Waals surface area contributed by atoms with Crippen molar-refractivity contribution in [2.45, 2.75) is 10.6 Å². The maximum absolute atomic E-state index is 13.6. The Morgan fingerprint density at radius 3 is 2.50 bits per heavy atom. The zero-order chi connectivity index (χ0) is 13.1. The summed E-state index contributed by atoms with van der Waals surface area (Å²) in [6, 6.07) is 10.5. The van der Waals surface area contributed by atoms with Crippen molar-refractivity contribution in [2.75, 3.05) is 0 Å². The third-order valence-electron chi connectivity index (χ3n) is 2.30. The molecule has 0 radical (unpaired) electrons. The second kappa shape index (κ2) is 6.29. The minimum atomic E-state index is -0.211. The van der Waals surface area contributed by atoms with Crippen LogP contribution in [0.4, 0.5) is 4.39 Å². The number of rotatable bonds is 3. The van der Waals surface area contributed by atoms with E-state index in [1.165, 1.54) is 17.8 Å². The van der Waals surface area contributed by atoms with Crippen LogP contribution in [0.15, 0.2) is 45.8 Å². The molecule has 0 amide bonds. The average Bonchev–Trinajstić information content (AvgIpc) is 2.32. The van der Waals surface area contributed by atoms with Gasteiger partial charge in [0.05, 0.1) is 10.0 Å². The first kappa shape index (κ1) is 14.2. The van der Waals surface area contributed by atoms with Crippen LogP contribution in [-0.2, 0) is 5.75 Å². The largest absolute Gasteiger partial charge is 0.207 e. The molecule has 5 heteroatoms. The Morgan fingerprint density at radius 2 is 1.83 bits per heavy atom. The Bertz CT molecular complexity index is 575. The van der Waals surface area contributed by atoms with E-state index in [-0.39, 0.29) is 5.82 Å². The first-order valence-corrected chi connectivity index (χ1v) is 7.61. The Labute approximate surface area is 128 Å². The molecule has 0 aliphatic carbocycles. The van der Waals surface area contributed by atoms with Gasteiger partial charge in [-0.3, -0.25) is 0 Å². The van der Waals surface area contributed by atoms with Gasteiger partial charge < -0.3 is 0 Å². The van der Waals surface area contributed by atoms with E-state index in [1.54, 1.807) is 18.2 Å². The first-order chi connectivity index (χ1) is 8.56. The number of hydrogen-bond donors (Lipinski definition) is 0. The smallest absolute Gasteiger partial charge is 0.128 e. The molecule has 0 fully saturated rings. The van der Waals surface area contributed by atoms with Crippen molar-refractivity contribution in [1.29, 1.82) is 0 Å². The van der Waals surface area contributed by atoms with Crippen molar-refractivity contribution in [3.63, 3.8) is 0 Å². The highest BCUT2D eigenvalue weighted by Gasteiger charge is 2.05. The highest BCUT2D eigenvalue weighted by molar-refractivity contribution is 9.10. The lowest BCUT2D eigenvalue weighted by molar-refractivity contribution is 0.616. The minimum absolute atomic E-state index is 0.211. The third kappa shape index (κ3) is 3.64. The summed E-state index contributed by atoms with van der Waals surface area (Å²) in [5.41, 5.74) is 0.661. The molecule has 2 aromatic rings. The molecule has 0 saturated carbocycles. The van der Waals surface area contributed by atoms with E-state index < -0.39 is 0 Å². The Balaban J connectivity index is 2.09. The lowest BCUT2D eigenvalue weighted by atomic mass is 10.2. The zero-order valence-electron chi connectivity index (χ0n) is 9.09. The van der Waals surface area contributed by atoms with Crippen molar-refractivity contribution in [1.82, 2.24) is 0 Å². The van der Waals surface area contributed by atoms with Gasteiger partial charge in [-0.25, -0.2) is 4.39 Å². The summed E-state index contributed by atoms with van der Waals surface area (Å²) >= 11 is 16.5. The highest BCUT2D eigenvalue weighted by atomic mass is 79.9. The molecule has 0 atom stereocenters. The van der Waals surface area contributed by atoms with Crippen LogP contribution in [0.1, 0.15) is 5.56 Å². The quantitative estimate of drug-likeness (QED) is 0.584. The van der Waals surface area contributed by atoms with Crippen LogP contribution >= 0.6 is 50.9 Å². The fourth-order valence-electron chi connectivity index (χ4n) is 1.37. The molecule has 0 bridgehead atoms. The van der Waals surface area contributed by atoms with Gasteiger partial charge in [0.1, 0.15) is 5.82 Å². The summed E-state index contributed by atoms with van der Waals surface area (Å²) in [5.74, 6) is 0.341. The van der Waals surface area contributed by atoms with E-state index in [1.807, 2.05) is 12.1 Å². The Hall–Kier alpha value is -0.220. The molecule has 0 saturated heterocycles. The van der Waals surface area contributed by atoms with Gasteiger partial charge in [0.15, 0.2) is 0 Å². The van der Waals surface area contributed by atoms with Crippen LogP contribution in [0, 0.1) is 5.82 Å². The summed E-state index contributed by atoms with van der Waals surface area (Å²) in [6.45, 7) is 0. The second-order valence-corrected chi connectivity index (χ2v) is 6.38. The molecule has 18 heavy (non-hydrogen) atoms. The normalized spacial score (nSPS) is 10.7. The summed E-state index contributed by atoms with van der Waals surface area (Å²) < 4.78 is 14.3. The van der Waals surface area contributed by atoms with Crippen LogP contribution < -0.4 is 0 Å². The van der Waals surface area contributed by atoms with Gasteiger partial charge in [0.2, 0.25) is 0 Å². The average molecular weight is 366 g/mol. The Kier molecular flexibility index (Phi) is 4.96. The van der Waals surface area contributed by atoms with Gasteiger partial charge in [0.25, 0.3) is 0 Å². The fraction of sp³-hybridized carbons (Fsp3) is 0.0769. The van der Waals surface area contributed by atoms with Crippen molar-refractivity contribution in [3.8, 4) is 0 Å². The Morgan fingerprint density at radius 1 is 1.06 bits per heavy atom. The fourth-order valence-corrected chi connectivity index (χ4v) is 2.98. The minimum Gasteiger partial charge on any atom is -0.207 e. The van der Waals surface area contributed by atoms with Gasteiger partial charge in [-0.2, -0.15) is 0 Å². The topological polar surface area (TPSA) is 0 Å². The van der Waals surface area contributed by atoms with Crippen molar-refractivity contribution >= 4 is 50.9 Å². The number of benzene rings is 2. The molecule has 0 spiro atoms. The van der Waals surface area contributed by atoms with Crippen molar-refractivity contribution in [2.24, 2.45) is 0 Å². The van der Waals surface area contributed by atoms with Crippen LogP contribution in [0.2, 0.25) is 10.0 Å². The van der Waals surface area contributed by atoms with Crippen molar-refractivity contribution < 1.29 is 4.39 Å². The lowest BCUT2D eigenvalue weighted by Gasteiger charge is -2.05. The monoisotopic (exact) mass is 364 g/mol. The van der Waals surface area contributed by atoms with E-state index >= 15 is 0 Å². The molecule has 0 heterocycles. The second-order valence-electron chi connectivity index (χ2n) is 3.60.